The number of fused-ring (bicyclic) bond motifs is 3. The Morgan fingerprint density at radius 1 is 0.375 bits per heavy atom. The summed E-state index contributed by atoms with van der Waals surface area (Å²) in [5.41, 5.74) is 8.21. The fourth-order valence-corrected chi connectivity index (χ4v) is 6.77. The minimum absolute atomic E-state index is 0.0586. The van der Waals surface area contributed by atoms with Gasteiger partial charge in [-0.05, 0) is 124 Å². The van der Waals surface area contributed by atoms with Crippen LogP contribution in [0, 0.1) is 13.8 Å². The molecule has 0 heteroatoms. The summed E-state index contributed by atoms with van der Waals surface area (Å²) in [7, 11) is 0. The molecular weight excluding hydrogens is 480 g/mol. The van der Waals surface area contributed by atoms with E-state index in [9.17, 15) is 0 Å². The van der Waals surface area contributed by atoms with Gasteiger partial charge < -0.3 is 0 Å². The molecule has 0 heterocycles. The van der Waals surface area contributed by atoms with Crippen molar-refractivity contribution in [2.75, 3.05) is 0 Å². The van der Waals surface area contributed by atoms with E-state index < -0.39 is 0 Å². The van der Waals surface area contributed by atoms with Crippen LogP contribution in [0.3, 0.4) is 0 Å². The predicted octanol–water partition coefficient (Wildman–Crippen LogP) is 11.8. The van der Waals surface area contributed by atoms with E-state index in [1.807, 2.05) is 0 Å². The molecule has 7 rings (SSSR count). The number of rotatable bonds is 1. The van der Waals surface area contributed by atoms with E-state index in [2.05, 4.69) is 140 Å². The molecule has 0 fully saturated rings. The first kappa shape index (κ1) is 25.1. The lowest BCUT2D eigenvalue weighted by molar-refractivity contribution is 0.591. The molecule has 0 amide bonds. The van der Waals surface area contributed by atoms with Crippen molar-refractivity contribution in [1.29, 1.82) is 0 Å². The third-order valence-electron chi connectivity index (χ3n) is 8.89. The molecule has 0 unspecified atom stereocenters. The average molecular weight is 519 g/mol. The summed E-state index contributed by atoms with van der Waals surface area (Å²) in [6.45, 7) is 18.3. The van der Waals surface area contributed by atoms with Crippen LogP contribution in [0.2, 0.25) is 0 Å². The van der Waals surface area contributed by atoms with E-state index in [-0.39, 0.29) is 10.8 Å². The second kappa shape index (κ2) is 8.31. The molecule has 0 N–H and O–H groups in total. The van der Waals surface area contributed by atoms with Crippen LogP contribution in [0.25, 0.3) is 65.0 Å². The molecule has 0 atom stereocenters. The van der Waals surface area contributed by atoms with Gasteiger partial charge >= 0.3 is 0 Å². The van der Waals surface area contributed by atoms with Gasteiger partial charge in [0, 0.05) is 0 Å². The van der Waals surface area contributed by atoms with Crippen molar-refractivity contribution in [2.45, 2.75) is 66.2 Å². The van der Waals surface area contributed by atoms with Crippen molar-refractivity contribution in [3.63, 3.8) is 0 Å². The minimum atomic E-state index is 0.0586. The molecular formula is C40H38. The van der Waals surface area contributed by atoms with Crippen molar-refractivity contribution in [3.05, 3.63) is 107 Å². The largest absolute Gasteiger partial charge is 0.0578 e. The van der Waals surface area contributed by atoms with Crippen LogP contribution in [0.1, 0.15) is 63.8 Å². The molecule has 0 saturated heterocycles. The topological polar surface area (TPSA) is 0 Å². The smallest absolute Gasteiger partial charge is 0.00204 e. The zero-order chi connectivity index (χ0) is 28.1. The molecule has 0 radical (unpaired) electrons. The van der Waals surface area contributed by atoms with Gasteiger partial charge in [0.05, 0.1) is 0 Å². The Bertz CT molecular complexity index is 2120. The van der Waals surface area contributed by atoms with Crippen LogP contribution in [0.5, 0.6) is 0 Å². The molecule has 0 spiro atoms. The quantitative estimate of drug-likeness (QED) is 0.190. The Hall–Kier alpha value is -3.90. The van der Waals surface area contributed by atoms with E-state index in [0.717, 1.165) is 0 Å². The summed E-state index contributed by atoms with van der Waals surface area (Å²) in [6.07, 6.45) is 0. The second-order valence-corrected chi connectivity index (χ2v) is 14.1. The third-order valence-corrected chi connectivity index (χ3v) is 8.89. The summed E-state index contributed by atoms with van der Waals surface area (Å²) in [5, 5.41) is 13.4. The maximum Gasteiger partial charge on any atom is -0.00204 e. The van der Waals surface area contributed by atoms with Crippen LogP contribution < -0.4 is 0 Å². The SMILES string of the molecule is Cc1cc(-c2cc3cc(C)cc4ccc5cc(C(C)(C)C)cc2c5c43)c2c(ccc3cc(C(C)(C)C)ccc32)c1. The van der Waals surface area contributed by atoms with E-state index in [1.54, 1.807) is 0 Å². The Morgan fingerprint density at radius 3 is 1.60 bits per heavy atom. The van der Waals surface area contributed by atoms with E-state index in [1.165, 1.54) is 87.2 Å². The molecule has 0 aromatic heterocycles. The zero-order valence-electron chi connectivity index (χ0n) is 25.1. The molecule has 0 aliphatic carbocycles. The van der Waals surface area contributed by atoms with Crippen LogP contribution in [-0.4, -0.2) is 0 Å². The van der Waals surface area contributed by atoms with Gasteiger partial charge in [0.15, 0.2) is 0 Å². The molecule has 7 aromatic rings. The highest BCUT2D eigenvalue weighted by Crippen LogP contribution is 2.46. The standard InChI is InChI=1S/C40H38/c1-23-15-26-11-12-28-20-31(40(6,7)8)22-35-33(21-29(17-23)36(26)38(28)35)34-18-24(2)16-27-10-9-25-19-30(39(3,4)5)13-14-32(25)37(27)34/h9-22H,1-8H3. The Morgan fingerprint density at radius 2 is 0.925 bits per heavy atom. The second-order valence-electron chi connectivity index (χ2n) is 14.1. The van der Waals surface area contributed by atoms with Crippen molar-refractivity contribution >= 4 is 53.9 Å². The lowest BCUT2D eigenvalue weighted by Crippen LogP contribution is -2.11. The summed E-state index contributed by atoms with van der Waals surface area (Å²) in [6, 6.07) is 33.2. The fraction of sp³-hybridized carbons (Fsp3) is 0.250. The summed E-state index contributed by atoms with van der Waals surface area (Å²) < 4.78 is 0. The number of hydrogen-bond donors (Lipinski definition) is 0. The Kier molecular flexibility index (Phi) is 5.21. The van der Waals surface area contributed by atoms with Gasteiger partial charge in [0.1, 0.15) is 0 Å². The molecule has 0 saturated carbocycles. The van der Waals surface area contributed by atoms with Gasteiger partial charge in [-0.25, -0.2) is 0 Å². The molecule has 40 heavy (non-hydrogen) atoms. The first-order valence-electron chi connectivity index (χ1n) is 14.6. The minimum Gasteiger partial charge on any atom is -0.0578 e. The lowest BCUT2D eigenvalue weighted by atomic mass is 9.80. The third kappa shape index (κ3) is 3.80. The molecule has 0 bridgehead atoms. The highest BCUT2D eigenvalue weighted by Gasteiger charge is 2.21. The van der Waals surface area contributed by atoms with Crippen LogP contribution in [0.4, 0.5) is 0 Å². The lowest BCUT2D eigenvalue weighted by Gasteiger charge is -2.24. The normalized spacial score (nSPS) is 13.0. The van der Waals surface area contributed by atoms with Crippen LogP contribution in [0.15, 0.2) is 84.9 Å². The van der Waals surface area contributed by atoms with Crippen molar-refractivity contribution in [1.82, 2.24) is 0 Å². The highest BCUT2D eigenvalue weighted by atomic mass is 14.3. The summed E-state index contributed by atoms with van der Waals surface area (Å²) in [4.78, 5) is 0. The first-order chi connectivity index (χ1) is 18.9. The highest BCUT2D eigenvalue weighted by molar-refractivity contribution is 6.28. The van der Waals surface area contributed by atoms with Gasteiger partial charge in [0.2, 0.25) is 0 Å². The zero-order valence-corrected chi connectivity index (χ0v) is 25.1. The maximum absolute atomic E-state index is 2.48. The molecule has 0 nitrogen and oxygen atoms in total. The van der Waals surface area contributed by atoms with Crippen molar-refractivity contribution in [2.24, 2.45) is 0 Å². The Labute approximate surface area is 238 Å². The molecule has 0 aliphatic heterocycles. The fourth-order valence-electron chi connectivity index (χ4n) is 6.77. The molecule has 0 aliphatic rings. The van der Waals surface area contributed by atoms with Crippen LogP contribution in [-0.2, 0) is 10.8 Å². The van der Waals surface area contributed by atoms with Gasteiger partial charge in [-0.15, -0.1) is 0 Å². The maximum atomic E-state index is 2.48. The van der Waals surface area contributed by atoms with Gasteiger partial charge in [-0.2, -0.15) is 0 Å². The van der Waals surface area contributed by atoms with E-state index in [0.29, 0.717) is 0 Å². The van der Waals surface area contributed by atoms with Gasteiger partial charge in [-0.3, -0.25) is 0 Å². The van der Waals surface area contributed by atoms with Gasteiger partial charge in [0.25, 0.3) is 0 Å². The van der Waals surface area contributed by atoms with Gasteiger partial charge in [-0.1, -0.05) is 114 Å². The van der Waals surface area contributed by atoms with Crippen molar-refractivity contribution < 1.29 is 0 Å². The summed E-state index contributed by atoms with van der Waals surface area (Å²) >= 11 is 0. The first-order valence-corrected chi connectivity index (χ1v) is 14.6. The monoisotopic (exact) mass is 518 g/mol. The number of hydrogen-bond acceptors (Lipinski definition) is 0. The van der Waals surface area contributed by atoms with E-state index >= 15 is 0 Å². The van der Waals surface area contributed by atoms with E-state index in [4.69, 9.17) is 0 Å². The molecule has 7 aromatic carbocycles. The predicted molar refractivity (Wildman–Crippen MR) is 177 cm³/mol. The van der Waals surface area contributed by atoms with Crippen molar-refractivity contribution in [3.8, 4) is 11.1 Å². The Balaban J connectivity index is 1.68. The number of aryl methyl sites for hydroxylation is 2. The average Bonchev–Trinajstić information content (AvgIpc) is 2.88. The van der Waals surface area contributed by atoms with Crippen LogP contribution >= 0.6 is 0 Å². The molecule has 198 valence electrons. The number of benzene rings is 7. The summed E-state index contributed by atoms with van der Waals surface area (Å²) in [5.74, 6) is 0.